The number of sulfonamides is 1. The molecule has 0 bridgehead atoms. The first-order valence-corrected chi connectivity index (χ1v) is 9.71. The molecule has 2 aromatic carbocycles. The Hall–Kier alpha value is -3.43. The molecule has 28 heavy (non-hydrogen) atoms. The molecule has 0 fully saturated rings. The Morgan fingerprint density at radius 3 is 2.43 bits per heavy atom. The number of carbonyl (C=O) groups excluding carboxylic acids is 2. The molecule has 0 unspecified atom stereocenters. The molecule has 144 valence electrons. The van der Waals surface area contributed by atoms with Crippen molar-refractivity contribution in [3.05, 3.63) is 78.6 Å². The van der Waals surface area contributed by atoms with Crippen LogP contribution in [0.25, 0.3) is 5.69 Å². The van der Waals surface area contributed by atoms with Gasteiger partial charge in [-0.2, -0.15) is 0 Å². The number of anilines is 1. The minimum absolute atomic E-state index is 0.135. The molecule has 9 heteroatoms. The summed E-state index contributed by atoms with van der Waals surface area (Å²) in [6, 6.07) is 16.0. The van der Waals surface area contributed by atoms with E-state index in [9.17, 15) is 18.0 Å². The summed E-state index contributed by atoms with van der Waals surface area (Å²) in [6.45, 7) is -0.522. The molecule has 1 heterocycles. The van der Waals surface area contributed by atoms with Gasteiger partial charge in [0.2, 0.25) is 10.0 Å². The molecule has 0 atom stereocenters. The number of aromatic nitrogens is 1. The lowest BCUT2D eigenvalue weighted by Crippen LogP contribution is -2.21. The Kier molecular flexibility index (Phi) is 5.57. The zero-order valence-corrected chi connectivity index (χ0v) is 15.4. The zero-order valence-electron chi connectivity index (χ0n) is 14.6. The first-order valence-electron chi connectivity index (χ1n) is 8.16. The molecule has 3 rings (SSSR count). The van der Waals surface area contributed by atoms with Crippen LogP contribution in [-0.2, 0) is 19.6 Å². The van der Waals surface area contributed by atoms with E-state index in [2.05, 4.69) is 5.32 Å². The normalized spacial score (nSPS) is 11.0. The first-order chi connectivity index (χ1) is 13.3. The maximum atomic E-state index is 12.2. The standard InChI is InChI=1S/C19H17N3O5S/c20-28(25,26)17-8-4-6-15(12-17)21-18(23)13-27-19(24)14-5-3-7-16(11-14)22-9-1-2-10-22/h1-12H,13H2,(H,21,23)(H2,20,25,26). The van der Waals surface area contributed by atoms with Crippen molar-refractivity contribution in [3.8, 4) is 5.69 Å². The third-order valence-corrected chi connectivity index (χ3v) is 4.68. The van der Waals surface area contributed by atoms with Crippen LogP contribution >= 0.6 is 0 Å². The lowest BCUT2D eigenvalue weighted by Gasteiger charge is -2.09. The highest BCUT2D eigenvalue weighted by Crippen LogP contribution is 2.15. The topological polar surface area (TPSA) is 120 Å². The summed E-state index contributed by atoms with van der Waals surface area (Å²) in [5, 5.41) is 7.51. The van der Waals surface area contributed by atoms with Crippen molar-refractivity contribution < 1.29 is 22.7 Å². The summed E-state index contributed by atoms with van der Waals surface area (Å²) < 4.78 is 29.6. The smallest absolute Gasteiger partial charge is 0.338 e. The van der Waals surface area contributed by atoms with Crippen LogP contribution in [0.15, 0.2) is 78.0 Å². The molecule has 1 aromatic heterocycles. The van der Waals surface area contributed by atoms with Crippen LogP contribution in [-0.4, -0.2) is 31.5 Å². The van der Waals surface area contributed by atoms with Gasteiger partial charge in [-0.3, -0.25) is 4.79 Å². The van der Waals surface area contributed by atoms with Gasteiger partial charge in [-0.05, 0) is 48.5 Å². The summed E-state index contributed by atoms with van der Waals surface area (Å²) in [6.07, 6.45) is 3.68. The van der Waals surface area contributed by atoms with Crippen LogP contribution in [0, 0.1) is 0 Å². The highest BCUT2D eigenvalue weighted by Gasteiger charge is 2.13. The minimum Gasteiger partial charge on any atom is -0.452 e. The number of rotatable bonds is 6. The predicted octanol–water partition coefficient (Wildman–Crippen LogP) is 1.92. The number of nitrogens with one attached hydrogen (secondary N) is 1. The van der Waals surface area contributed by atoms with Gasteiger partial charge in [0.15, 0.2) is 6.61 Å². The SMILES string of the molecule is NS(=O)(=O)c1cccc(NC(=O)COC(=O)c2cccc(-n3cccc3)c2)c1. The number of esters is 1. The van der Waals surface area contributed by atoms with Gasteiger partial charge >= 0.3 is 5.97 Å². The van der Waals surface area contributed by atoms with E-state index in [-0.39, 0.29) is 10.6 Å². The fourth-order valence-electron chi connectivity index (χ4n) is 2.46. The van der Waals surface area contributed by atoms with E-state index in [4.69, 9.17) is 9.88 Å². The molecule has 8 nitrogen and oxygen atoms in total. The van der Waals surface area contributed by atoms with Gasteiger partial charge in [-0.1, -0.05) is 12.1 Å². The lowest BCUT2D eigenvalue weighted by molar-refractivity contribution is -0.119. The summed E-state index contributed by atoms with van der Waals surface area (Å²) in [4.78, 5) is 24.1. The van der Waals surface area contributed by atoms with Gasteiger partial charge in [-0.15, -0.1) is 0 Å². The van der Waals surface area contributed by atoms with Gasteiger partial charge < -0.3 is 14.6 Å². The van der Waals surface area contributed by atoms with Crippen LogP contribution < -0.4 is 10.5 Å². The van der Waals surface area contributed by atoms with Crippen molar-refractivity contribution in [2.75, 3.05) is 11.9 Å². The molecule has 0 aliphatic rings. The van der Waals surface area contributed by atoms with E-state index in [0.717, 1.165) is 5.69 Å². The fraction of sp³-hybridized carbons (Fsp3) is 0.0526. The number of benzene rings is 2. The van der Waals surface area contributed by atoms with Crippen molar-refractivity contribution in [2.24, 2.45) is 5.14 Å². The number of nitrogens with zero attached hydrogens (tertiary/aromatic N) is 1. The highest BCUT2D eigenvalue weighted by atomic mass is 32.2. The second kappa shape index (κ2) is 8.07. The van der Waals surface area contributed by atoms with E-state index >= 15 is 0 Å². The molecule has 3 aromatic rings. The number of primary sulfonamides is 1. The molecular weight excluding hydrogens is 382 g/mol. The van der Waals surface area contributed by atoms with Gasteiger partial charge in [0, 0.05) is 23.8 Å². The van der Waals surface area contributed by atoms with E-state index in [1.54, 1.807) is 18.2 Å². The Morgan fingerprint density at radius 2 is 1.71 bits per heavy atom. The second-order valence-electron chi connectivity index (χ2n) is 5.84. The predicted molar refractivity (Wildman–Crippen MR) is 102 cm³/mol. The van der Waals surface area contributed by atoms with Crippen LogP contribution in [0.3, 0.4) is 0 Å². The Morgan fingerprint density at radius 1 is 1.00 bits per heavy atom. The van der Waals surface area contributed by atoms with Gasteiger partial charge in [0.25, 0.3) is 5.91 Å². The number of nitrogens with two attached hydrogens (primary N) is 1. The molecule has 3 N–H and O–H groups in total. The van der Waals surface area contributed by atoms with Crippen molar-refractivity contribution in [1.82, 2.24) is 4.57 Å². The van der Waals surface area contributed by atoms with E-state index in [0.29, 0.717) is 5.56 Å². The third-order valence-electron chi connectivity index (χ3n) is 3.77. The summed E-state index contributed by atoms with van der Waals surface area (Å²) in [5.41, 5.74) is 1.31. The monoisotopic (exact) mass is 399 g/mol. The molecule has 0 saturated heterocycles. The molecule has 0 saturated carbocycles. The molecule has 0 aliphatic heterocycles. The lowest BCUT2D eigenvalue weighted by atomic mass is 10.2. The molecule has 0 aliphatic carbocycles. The van der Waals surface area contributed by atoms with Crippen LogP contribution in [0.1, 0.15) is 10.4 Å². The summed E-state index contributed by atoms with van der Waals surface area (Å²) >= 11 is 0. The maximum absolute atomic E-state index is 12.2. The van der Waals surface area contributed by atoms with Gasteiger partial charge in [-0.25, -0.2) is 18.4 Å². The number of ether oxygens (including phenoxy) is 1. The van der Waals surface area contributed by atoms with E-state index in [1.165, 1.54) is 24.3 Å². The first kappa shape index (κ1) is 19.3. The van der Waals surface area contributed by atoms with E-state index in [1.807, 2.05) is 35.2 Å². The number of hydrogen-bond acceptors (Lipinski definition) is 5. The van der Waals surface area contributed by atoms with Crippen molar-refractivity contribution >= 4 is 27.6 Å². The second-order valence-corrected chi connectivity index (χ2v) is 7.40. The van der Waals surface area contributed by atoms with Crippen LogP contribution in [0.5, 0.6) is 0 Å². The summed E-state index contributed by atoms with van der Waals surface area (Å²) in [5.74, 6) is -1.26. The molecule has 0 spiro atoms. The van der Waals surface area contributed by atoms with Crippen molar-refractivity contribution in [2.45, 2.75) is 4.90 Å². The molecule has 1 amide bonds. The Bertz CT molecular complexity index is 1110. The van der Waals surface area contributed by atoms with Crippen molar-refractivity contribution in [1.29, 1.82) is 0 Å². The third kappa shape index (κ3) is 4.84. The highest BCUT2D eigenvalue weighted by molar-refractivity contribution is 7.89. The summed E-state index contributed by atoms with van der Waals surface area (Å²) in [7, 11) is -3.88. The number of hydrogen-bond donors (Lipinski definition) is 2. The number of amides is 1. The van der Waals surface area contributed by atoms with Gasteiger partial charge in [0.05, 0.1) is 10.5 Å². The fourth-order valence-corrected chi connectivity index (χ4v) is 3.02. The minimum atomic E-state index is -3.88. The van der Waals surface area contributed by atoms with Crippen LogP contribution in [0.4, 0.5) is 5.69 Å². The number of carbonyl (C=O) groups is 2. The maximum Gasteiger partial charge on any atom is 0.338 e. The average Bonchev–Trinajstić information content (AvgIpc) is 3.20. The quantitative estimate of drug-likeness (QED) is 0.614. The van der Waals surface area contributed by atoms with Gasteiger partial charge in [0.1, 0.15) is 0 Å². The Labute approximate surface area is 161 Å². The molecular formula is C19H17N3O5S. The van der Waals surface area contributed by atoms with Crippen molar-refractivity contribution in [3.63, 3.8) is 0 Å². The average molecular weight is 399 g/mol. The largest absolute Gasteiger partial charge is 0.452 e. The molecule has 0 radical (unpaired) electrons. The Balaban J connectivity index is 1.61. The van der Waals surface area contributed by atoms with E-state index < -0.39 is 28.5 Å². The zero-order chi connectivity index (χ0) is 20.1. The van der Waals surface area contributed by atoms with Crippen LogP contribution in [0.2, 0.25) is 0 Å².